The van der Waals surface area contributed by atoms with Crippen LogP contribution in [0.25, 0.3) is 10.2 Å². The highest BCUT2D eigenvalue weighted by Gasteiger charge is 2.45. The molecule has 4 amide bonds. The first-order chi connectivity index (χ1) is 16.2. The Morgan fingerprint density at radius 2 is 1.91 bits per heavy atom. The number of nitrogens with zero attached hydrogens (tertiary/aromatic N) is 3. The van der Waals surface area contributed by atoms with Gasteiger partial charge in [0.05, 0.1) is 28.1 Å². The van der Waals surface area contributed by atoms with Crippen LogP contribution in [0.2, 0.25) is 0 Å². The van der Waals surface area contributed by atoms with E-state index in [1.807, 2.05) is 24.3 Å². The van der Waals surface area contributed by atoms with E-state index in [1.165, 1.54) is 35.2 Å². The molecule has 176 valence electrons. The average Bonchev–Trinajstić information content (AvgIpc) is 3.36. The Balaban J connectivity index is 1.48. The van der Waals surface area contributed by atoms with E-state index in [1.54, 1.807) is 13.8 Å². The molecule has 8 nitrogen and oxygen atoms in total. The highest BCUT2D eigenvalue weighted by atomic mass is 32.2. The summed E-state index contributed by atoms with van der Waals surface area (Å²) in [7, 11) is 0. The van der Waals surface area contributed by atoms with Crippen LogP contribution in [0.15, 0.2) is 52.9 Å². The number of hydrogen-bond acceptors (Lipinski definition) is 7. The first kappa shape index (κ1) is 23.8. The van der Waals surface area contributed by atoms with Crippen molar-refractivity contribution in [2.24, 2.45) is 5.92 Å². The summed E-state index contributed by atoms with van der Waals surface area (Å²) in [5, 5.41) is 0.954. The molecule has 0 spiro atoms. The maximum atomic E-state index is 13.3. The second-order valence-corrected chi connectivity index (χ2v) is 10.2. The zero-order valence-electron chi connectivity index (χ0n) is 18.4. The molecule has 0 saturated carbocycles. The van der Waals surface area contributed by atoms with Gasteiger partial charge in [-0.05, 0) is 36.4 Å². The van der Waals surface area contributed by atoms with Gasteiger partial charge < -0.3 is 0 Å². The Bertz CT molecular complexity index is 1230. The molecule has 0 bridgehead atoms. The number of thiazole rings is 1. The van der Waals surface area contributed by atoms with Gasteiger partial charge in [0.15, 0.2) is 4.34 Å². The number of para-hydroxylation sites is 1. The Morgan fingerprint density at radius 1 is 1.21 bits per heavy atom. The topological polar surface area (TPSA) is 99.7 Å². The third-order valence-electron chi connectivity index (χ3n) is 5.10. The van der Waals surface area contributed by atoms with E-state index in [0.717, 1.165) is 32.3 Å². The van der Waals surface area contributed by atoms with Gasteiger partial charge in [-0.25, -0.2) is 19.3 Å². The average molecular weight is 501 g/mol. The molecule has 2 aromatic carbocycles. The predicted molar refractivity (Wildman–Crippen MR) is 127 cm³/mol. The number of hydrazine groups is 1. The Morgan fingerprint density at radius 3 is 2.59 bits per heavy atom. The summed E-state index contributed by atoms with van der Waals surface area (Å²) in [5.74, 6) is -3.26. The number of anilines is 1. The molecular weight excluding hydrogens is 479 g/mol. The zero-order chi connectivity index (χ0) is 24.4. The highest BCUT2D eigenvalue weighted by molar-refractivity contribution is 8.01. The fourth-order valence-corrected chi connectivity index (χ4v) is 5.31. The van der Waals surface area contributed by atoms with Crippen LogP contribution in [-0.2, 0) is 19.2 Å². The largest absolute Gasteiger partial charge is 0.274 e. The van der Waals surface area contributed by atoms with Gasteiger partial charge in [-0.3, -0.25) is 24.6 Å². The van der Waals surface area contributed by atoms with Crippen molar-refractivity contribution in [1.82, 2.24) is 15.4 Å². The Labute approximate surface area is 203 Å². The normalized spacial score (nSPS) is 15.9. The minimum absolute atomic E-state index is 0.0295. The van der Waals surface area contributed by atoms with E-state index in [9.17, 15) is 23.6 Å². The molecule has 1 unspecified atom stereocenters. The molecule has 1 aromatic heterocycles. The lowest BCUT2D eigenvalue weighted by molar-refractivity contribution is -0.149. The molecule has 1 atom stereocenters. The van der Waals surface area contributed by atoms with E-state index in [2.05, 4.69) is 10.4 Å². The highest BCUT2D eigenvalue weighted by Crippen LogP contribution is 2.29. The number of halogens is 1. The predicted octanol–water partition coefficient (Wildman–Crippen LogP) is 3.38. The number of hydrogen-bond donors (Lipinski definition) is 1. The third kappa shape index (κ3) is 4.95. The van der Waals surface area contributed by atoms with Gasteiger partial charge in [-0.1, -0.05) is 37.7 Å². The van der Waals surface area contributed by atoms with Crippen LogP contribution in [0, 0.1) is 11.7 Å². The van der Waals surface area contributed by atoms with Gasteiger partial charge in [0.1, 0.15) is 11.9 Å². The molecule has 0 aliphatic carbocycles. The van der Waals surface area contributed by atoms with Crippen molar-refractivity contribution in [1.29, 1.82) is 0 Å². The van der Waals surface area contributed by atoms with Crippen LogP contribution in [0.1, 0.15) is 20.3 Å². The van der Waals surface area contributed by atoms with Crippen LogP contribution in [-0.4, -0.2) is 45.4 Å². The van der Waals surface area contributed by atoms with E-state index >= 15 is 0 Å². The van der Waals surface area contributed by atoms with Crippen molar-refractivity contribution in [3.05, 3.63) is 54.3 Å². The lowest BCUT2D eigenvalue weighted by atomic mass is 10.1. The second kappa shape index (κ2) is 9.90. The molecular formula is C23H21FN4O4S2. The first-order valence-corrected chi connectivity index (χ1v) is 12.3. The zero-order valence-corrected chi connectivity index (χ0v) is 20.0. The second-order valence-electron chi connectivity index (χ2n) is 7.90. The fourth-order valence-electron chi connectivity index (χ4n) is 3.45. The summed E-state index contributed by atoms with van der Waals surface area (Å²) >= 11 is 2.67. The molecule has 1 aliphatic rings. The quantitative estimate of drug-likeness (QED) is 0.317. The standard InChI is InChI=1S/C23H21FN4O4S2/c1-13(2)21(31)28(17-11-20(30)27(22(17)32)15-9-7-14(24)8-10-15)26-19(29)12-33-23-25-16-5-3-4-6-18(16)34-23/h3-10,13,17H,11-12H2,1-2H3,(H,26,29). The summed E-state index contributed by atoms with van der Waals surface area (Å²) in [6.07, 6.45) is -0.292. The van der Waals surface area contributed by atoms with E-state index < -0.39 is 41.4 Å². The van der Waals surface area contributed by atoms with Gasteiger partial charge >= 0.3 is 0 Å². The number of thioether (sulfide) groups is 1. The Kier molecular flexibility index (Phi) is 6.94. The molecule has 1 saturated heterocycles. The number of rotatable bonds is 6. The molecule has 1 N–H and O–H groups in total. The summed E-state index contributed by atoms with van der Waals surface area (Å²) < 4.78 is 15.0. The lowest BCUT2D eigenvalue weighted by Crippen LogP contribution is -2.56. The fraction of sp³-hybridized carbons (Fsp3) is 0.261. The van der Waals surface area contributed by atoms with Gasteiger partial charge in [-0.15, -0.1) is 11.3 Å². The number of fused-ring (bicyclic) bond motifs is 1. The molecule has 0 radical (unpaired) electrons. The third-order valence-corrected chi connectivity index (χ3v) is 7.28. The number of benzene rings is 2. The summed E-state index contributed by atoms with van der Waals surface area (Å²) in [4.78, 5) is 56.6. The molecule has 11 heteroatoms. The van der Waals surface area contributed by atoms with Crippen molar-refractivity contribution in [3.8, 4) is 0 Å². The summed E-state index contributed by atoms with van der Waals surface area (Å²) in [6.45, 7) is 3.27. The summed E-state index contributed by atoms with van der Waals surface area (Å²) in [5.41, 5.74) is 3.56. The van der Waals surface area contributed by atoms with Gasteiger partial charge in [0.2, 0.25) is 17.7 Å². The number of carbonyl (C=O) groups excluding carboxylic acids is 4. The van der Waals surface area contributed by atoms with Crippen molar-refractivity contribution >= 4 is 62.6 Å². The minimum atomic E-state index is -1.19. The van der Waals surface area contributed by atoms with Crippen LogP contribution in [0.4, 0.5) is 10.1 Å². The lowest BCUT2D eigenvalue weighted by Gasteiger charge is -2.29. The van der Waals surface area contributed by atoms with Gasteiger partial charge in [-0.2, -0.15) is 0 Å². The van der Waals surface area contributed by atoms with Crippen LogP contribution in [0.3, 0.4) is 0 Å². The number of aromatic nitrogens is 1. The molecule has 34 heavy (non-hydrogen) atoms. The molecule has 4 rings (SSSR count). The van der Waals surface area contributed by atoms with Crippen LogP contribution in [0.5, 0.6) is 0 Å². The van der Waals surface area contributed by atoms with Gasteiger partial charge in [0.25, 0.3) is 5.91 Å². The van der Waals surface area contributed by atoms with Gasteiger partial charge in [0, 0.05) is 5.92 Å². The van der Waals surface area contributed by atoms with Crippen LogP contribution >= 0.6 is 23.1 Å². The van der Waals surface area contributed by atoms with E-state index in [4.69, 9.17) is 0 Å². The SMILES string of the molecule is CC(C)C(=O)N(NC(=O)CSc1nc2ccccc2s1)C1CC(=O)N(c2ccc(F)cc2)C1=O. The van der Waals surface area contributed by atoms with Crippen molar-refractivity contribution in [2.75, 3.05) is 10.7 Å². The van der Waals surface area contributed by atoms with Crippen molar-refractivity contribution < 1.29 is 23.6 Å². The maximum Gasteiger partial charge on any atom is 0.259 e. The number of nitrogens with one attached hydrogen (secondary N) is 1. The molecule has 2 heterocycles. The maximum absolute atomic E-state index is 13.3. The Hall–Kier alpha value is -3.31. The minimum Gasteiger partial charge on any atom is -0.274 e. The van der Waals surface area contributed by atoms with Crippen LogP contribution < -0.4 is 10.3 Å². The monoisotopic (exact) mass is 500 g/mol. The van der Waals surface area contributed by atoms with E-state index in [-0.39, 0.29) is 17.9 Å². The smallest absolute Gasteiger partial charge is 0.259 e. The van der Waals surface area contributed by atoms with E-state index in [0.29, 0.717) is 4.34 Å². The molecule has 3 aromatic rings. The number of amides is 4. The summed E-state index contributed by atoms with van der Waals surface area (Å²) in [6, 6.07) is 11.3. The molecule has 1 aliphatic heterocycles. The number of imide groups is 1. The molecule has 1 fully saturated rings. The van der Waals surface area contributed by atoms with Crippen molar-refractivity contribution in [2.45, 2.75) is 30.6 Å². The van der Waals surface area contributed by atoms with Crippen molar-refractivity contribution in [3.63, 3.8) is 0 Å². The number of carbonyl (C=O) groups is 4. The first-order valence-electron chi connectivity index (χ1n) is 10.5.